The zero-order valence-corrected chi connectivity index (χ0v) is 17.0. The second kappa shape index (κ2) is 8.16. The van der Waals surface area contributed by atoms with Gasteiger partial charge in [-0.1, -0.05) is 48.0 Å². The lowest BCUT2D eigenvalue weighted by Gasteiger charge is -2.25. The summed E-state index contributed by atoms with van der Waals surface area (Å²) in [5.74, 6) is 1.84. The number of carbonyl (C=O) groups excluding carboxylic acids is 1. The fourth-order valence-electron chi connectivity index (χ4n) is 3.34. The molecule has 1 amide bonds. The van der Waals surface area contributed by atoms with Gasteiger partial charge in [0.15, 0.2) is 11.5 Å². The van der Waals surface area contributed by atoms with Gasteiger partial charge in [-0.25, -0.2) is 5.43 Å². The van der Waals surface area contributed by atoms with Crippen LogP contribution in [0.5, 0.6) is 11.5 Å². The van der Waals surface area contributed by atoms with Crippen molar-refractivity contribution in [3.8, 4) is 22.8 Å². The molecule has 1 N–H and O–H groups in total. The number of carbonyl (C=O) groups is 1. The molecule has 0 fully saturated rings. The maximum Gasteiger partial charge on any atom is 0.284 e. The number of rotatable bonds is 4. The summed E-state index contributed by atoms with van der Waals surface area (Å²) in [5.41, 5.74) is 3.25. The van der Waals surface area contributed by atoms with Crippen molar-refractivity contribution in [3.05, 3.63) is 83.6 Å². The predicted octanol–water partition coefficient (Wildman–Crippen LogP) is 5.04. The van der Waals surface area contributed by atoms with Crippen LogP contribution in [0.4, 0.5) is 0 Å². The Hall–Kier alpha value is -3.77. The van der Waals surface area contributed by atoms with E-state index in [-0.39, 0.29) is 6.61 Å². The van der Waals surface area contributed by atoms with Crippen molar-refractivity contribution in [3.63, 3.8) is 0 Å². The van der Waals surface area contributed by atoms with Gasteiger partial charge in [0.1, 0.15) is 18.1 Å². The Balaban J connectivity index is 1.24. The number of ether oxygens (including phenoxy) is 2. The van der Waals surface area contributed by atoms with Gasteiger partial charge in [0, 0.05) is 5.56 Å². The molecule has 5 rings (SSSR count). The minimum absolute atomic E-state index is 0.101. The van der Waals surface area contributed by atoms with Crippen LogP contribution < -0.4 is 14.9 Å². The van der Waals surface area contributed by atoms with Crippen molar-refractivity contribution in [2.24, 2.45) is 5.10 Å². The third-order valence-electron chi connectivity index (χ3n) is 4.90. The van der Waals surface area contributed by atoms with Gasteiger partial charge in [0.05, 0.1) is 11.2 Å². The van der Waals surface area contributed by atoms with Crippen molar-refractivity contribution in [2.45, 2.75) is 6.10 Å². The Bertz CT molecular complexity index is 1300. The molecule has 1 aromatic heterocycles. The normalized spacial score (nSPS) is 15.3. The largest absolute Gasteiger partial charge is 0.485 e. The summed E-state index contributed by atoms with van der Waals surface area (Å²) in [6.07, 6.45) is 0.615. The van der Waals surface area contributed by atoms with Gasteiger partial charge in [-0.2, -0.15) is 5.10 Å². The monoisotopic (exact) mass is 432 g/mol. The molecule has 7 heteroatoms. The predicted molar refractivity (Wildman–Crippen MR) is 119 cm³/mol. The molecule has 1 unspecified atom stereocenters. The molecule has 2 heterocycles. The lowest BCUT2D eigenvalue weighted by Crippen LogP contribution is -2.42. The van der Waals surface area contributed by atoms with E-state index >= 15 is 0 Å². The SMILES string of the molecule is O=C(N/N=C\c1ccc(-c2ccccc2Cl)o1)C1COc2cc3ccccc3cc2O1. The first-order chi connectivity index (χ1) is 15.2. The molecule has 1 atom stereocenters. The molecule has 1 aliphatic heterocycles. The molecule has 0 saturated heterocycles. The van der Waals surface area contributed by atoms with Crippen LogP contribution in [0.25, 0.3) is 22.1 Å². The summed E-state index contributed by atoms with van der Waals surface area (Å²) in [7, 11) is 0. The van der Waals surface area contributed by atoms with Crippen molar-refractivity contribution in [1.29, 1.82) is 0 Å². The number of furan rings is 1. The maximum atomic E-state index is 12.5. The summed E-state index contributed by atoms with van der Waals surface area (Å²) >= 11 is 6.19. The van der Waals surface area contributed by atoms with Crippen LogP contribution in [-0.4, -0.2) is 24.8 Å². The Kier molecular flexibility index (Phi) is 5.06. The van der Waals surface area contributed by atoms with Crippen molar-refractivity contribution in [2.75, 3.05) is 6.61 Å². The quantitative estimate of drug-likeness (QED) is 0.362. The van der Waals surface area contributed by atoms with Crippen LogP contribution in [0.1, 0.15) is 5.76 Å². The highest BCUT2D eigenvalue weighted by molar-refractivity contribution is 6.33. The van der Waals surface area contributed by atoms with E-state index in [4.69, 9.17) is 25.5 Å². The zero-order chi connectivity index (χ0) is 21.2. The van der Waals surface area contributed by atoms with E-state index in [1.807, 2.05) is 54.6 Å². The van der Waals surface area contributed by atoms with Crippen molar-refractivity contribution >= 4 is 34.5 Å². The molecule has 0 aliphatic carbocycles. The maximum absolute atomic E-state index is 12.5. The summed E-state index contributed by atoms with van der Waals surface area (Å²) in [5, 5.41) is 6.62. The number of hydrogen-bond acceptors (Lipinski definition) is 5. The average molecular weight is 433 g/mol. The molecular weight excluding hydrogens is 416 g/mol. The standard InChI is InChI=1S/C24H17ClN2O4/c25-19-8-4-3-7-18(19)20-10-9-17(30-20)13-26-27-24(28)23-14-29-21-11-15-5-1-2-6-16(15)12-22(21)31-23/h1-13,23H,14H2,(H,27,28)/b26-13-. The number of halogens is 1. The lowest BCUT2D eigenvalue weighted by atomic mass is 10.1. The van der Waals surface area contributed by atoms with Gasteiger partial charge >= 0.3 is 0 Å². The first-order valence-corrected chi connectivity index (χ1v) is 10.0. The van der Waals surface area contributed by atoms with Gasteiger partial charge in [-0.05, 0) is 47.2 Å². The smallest absolute Gasteiger partial charge is 0.284 e. The first kappa shape index (κ1) is 19.2. The molecule has 1 aliphatic rings. The zero-order valence-electron chi connectivity index (χ0n) is 16.2. The van der Waals surface area contributed by atoms with Gasteiger partial charge in [0.25, 0.3) is 5.91 Å². The van der Waals surface area contributed by atoms with E-state index in [0.717, 1.165) is 16.3 Å². The van der Waals surface area contributed by atoms with E-state index in [1.165, 1.54) is 6.21 Å². The lowest BCUT2D eigenvalue weighted by molar-refractivity contribution is -0.130. The number of hydrazone groups is 1. The molecule has 3 aromatic carbocycles. The third-order valence-corrected chi connectivity index (χ3v) is 5.23. The molecular formula is C24H17ClN2O4. The Morgan fingerprint density at radius 3 is 2.55 bits per heavy atom. The Labute approximate surface area is 183 Å². The summed E-state index contributed by atoms with van der Waals surface area (Å²) < 4.78 is 17.3. The van der Waals surface area contributed by atoms with E-state index in [9.17, 15) is 4.79 Å². The molecule has 0 spiro atoms. The van der Waals surface area contributed by atoms with E-state index < -0.39 is 12.0 Å². The topological polar surface area (TPSA) is 73.1 Å². The number of hydrogen-bond donors (Lipinski definition) is 1. The summed E-state index contributed by atoms with van der Waals surface area (Å²) in [4.78, 5) is 12.5. The van der Waals surface area contributed by atoms with Crippen LogP contribution in [0.3, 0.4) is 0 Å². The fraction of sp³-hybridized carbons (Fsp3) is 0.0833. The van der Waals surface area contributed by atoms with E-state index in [0.29, 0.717) is 28.0 Å². The Morgan fingerprint density at radius 1 is 1.00 bits per heavy atom. The number of amides is 1. The minimum Gasteiger partial charge on any atom is -0.485 e. The molecule has 0 bridgehead atoms. The van der Waals surface area contributed by atoms with Crippen molar-refractivity contribution < 1.29 is 18.7 Å². The van der Waals surface area contributed by atoms with Crippen LogP contribution in [0, 0.1) is 0 Å². The van der Waals surface area contributed by atoms with Crippen molar-refractivity contribution in [1.82, 2.24) is 5.43 Å². The van der Waals surface area contributed by atoms with Crippen LogP contribution in [0.2, 0.25) is 5.02 Å². The minimum atomic E-state index is -0.805. The second-order valence-electron chi connectivity index (χ2n) is 6.98. The van der Waals surface area contributed by atoms with Gasteiger partial charge < -0.3 is 13.9 Å². The average Bonchev–Trinajstić information content (AvgIpc) is 3.26. The number of fused-ring (bicyclic) bond motifs is 2. The van der Waals surface area contributed by atoms with Gasteiger partial charge in [-0.15, -0.1) is 0 Å². The highest BCUT2D eigenvalue weighted by Crippen LogP contribution is 2.36. The number of nitrogens with zero attached hydrogens (tertiary/aromatic N) is 1. The third kappa shape index (κ3) is 3.98. The summed E-state index contributed by atoms with van der Waals surface area (Å²) in [6, 6.07) is 22.6. The molecule has 6 nitrogen and oxygen atoms in total. The first-order valence-electron chi connectivity index (χ1n) is 9.67. The molecule has 0 saturated carbocycles. The van der Waals surface area contributed by atoms with E-state index in [2.05, 4.69) is 10.5 Å². The molecule has 31 heavy (non-hydrogen) atoms. The summed E-state index contributed by atoms with van der Waals surface area (Å²) in [6.45, 7) is 0.101. The van der Waals surface area contributed by atoms with Crippen LogP contribution in [-0.2, 0) is 4.79 Å². The Morgan fingerprint density at radius 2 is 1.74 bits per heavy atom. The van der Waals surface area contributed by atoms with Crippen LogP contribution >= 0.6 is 11.6 Å². The van der Waals surface area contributed by atoms with Gasteiger partial charge in [-0.3, -0.25) is 4.79 Å². The van der Waals surface area contributed by atoms with Crippen LogP contribution in [0.15, 0.2) is 82.3 Å². The number of nitrogens with one attached hydrogen (secondary N) is 1. The molecule has 154 valence electrons. The van der Waals surface area contributed by atoms with E-state index in [1.54, 1.807) is 18.2 Å². The second-order valence-corrected chi connectivity index (χ2v) is 7.39. The van der Waals surface area contributed by atoms with Gasteiger partial charge in [0.2, 0.25) is 6.10 Å². The molecule has 4 aromatic rings. The molecule has 0 radical (unpaired) electrons. The highest BCUT2D eigenvalue weighted by atomic mass is 35.5. The fourth-order valence-corrected chi connectivity index (χ4v) is 3.57. The highest BCUT2D eigenvalue weighted by Gasteiger charge is 2.27. The number of benzene rings is 3.